The van der Waals surface area contributed by atoms with Crippen LogP contribution in [0.1, 0.15) is 25.0 Å². The predicted molar refractivity (Wildman–Crippen MR) is 190 cm³/mol. The van der Waals surface area contributed by atoms with Gasteiger partial charge in [0.2, 0.25) is 0 Å². The summed E-state index contributed by atoms with van der Waals surface area (Å²) in [4.78, 5) is 0. The fourth-order valence-corrected chi connectivity index (χ4v) is 5.91. The van der Waals surface area contributed by atoms with Crippen molar-refractivity contribution in [2.75, 3.05) is 24.7 Å². The van der Waals surface area contributed by atoms with Crippen LogP contribution in [0.3, 0.4) is 0 Å². The quantitative estimate of drug-likeness (QED) is 0.152. The lowest BCUT2D eigenvalue weighted by Gasteiger charge is -2.28. The predicted octanol–water partition coefficient (Wildman–Crippen LogP) is 10.3. The third-order valence-corrected chi connectivity index (χ3v) is 8.59. The molecule has 0 saturated carbocycles. The van der Waals surface area contributed by atoms with Gasteiger partial charge in [0.1, 0.15) is 11.5 Å². The van der Waals surface area contributed by atoms with Crippen molar-refractivity contribution >= 4 is 46.8 Å². The van der Waals surface area contributed by atoms with Crippen LogP contribution in [0, 0.1) is 0 Å². The van der Waals surface area contributed by atoms with Crippen LogP contribution in [0.4, 0.5) is 0 Å². The third-order valence-electron chi connectivity index (χ3n) is 8.22. The van der Waals surface area contributed by atoms with Crippen molar-refractivity contribution in [3.63, 3.8) is 0 Å². The average molecular weight is 601 g/mol. The number of hydrogen-bond donors (Lipinski definition) is 2. The van der Waals surface area contributed by atoms with E-state index in [2.05, 4.69) is 160 Å². The second-order valence-corrected chi connectivity index (χ2v) is 12.2. The van der Waals surface area contributed by atoms with Gasteiger partial charge in [0, 0.05) is 28.0 Å². The Morgan fingerprint density at radius 1 is 0.488 bits per heavy atom. The molecule has 0 saturated heterocycles. The van der Waals surface area contributed by atoms with Crippen molar-refractivity contribution in [1.29, 1.82) is 0 Å². The van der Waals surface area contributed by atoms with Crippen molar-refractivity contribution in [3.05, 3.63) is 132 Å². The minimum Gasteiger partial charge on any atom is -0.492 e. The molecule has 0 aliphatic rings. The van der Waals surface area contributed by atoms with E-state index in [0.29, 0.717) is 24.7 Å². The number of benzene rings is 6. The zero-order chi connectivity index (χ0) is 29.8. The van der Waals surface area contributed by atoms with Crippen molar-refractivity contribution in [2.45, 2.75) is 19.3 Å². The van der Waals surface area contributed by atoms with Crippen molar-refractivity contribution in [1.82, 2.24) is 0 Å². The van der Waals surface area contributed by atoms with E-state index in [1.54, 1.807) is 0 Å². The molecular weight excluding hydrogens is 565 g/mol. The third kappa shape index (κ3) is 6.13. The number of ether oxygens (including phenoxy) is 2. The first-order valence-corrected chi connectivity index (χ1v) is 16.0. The van der Waals surface area contributed by atoms with Crippen LogP contribution in [0.25, 0.3) is 43.8 Å². The Morgan fingerprint density at radius 2 is 0.907 bits per heavy atom. The van der Waals surface area contributed by atoms with Gasteiger partial charge in [0.25, 0.3) is 0 Å². The maximum absolute atomic E-state index is 6.19. The number of hydrogen-bond acceptors (Lipinski definition) is 4. The van der Waals surface area contributed by atoms with Crippen LogP contribution in [0.5, 0.6) is 11.5 Å². The van der Waals surface area contributed by atoms with Gasteiger partial charge < -0.3 is 9.47 Å². The van der Waals surface area contributed by atoms with Gasteiger partial charge in [-0.05, 0) is 80.2 Å². The Labute approximate surface area is 265 Å². The molecule has 0 spiro atoms. The normalized spacial score (nSPS) is 11.6. The maximum Gasteiger partial charge on any atom is 0.127 e. The molecule has 0 heterocycles. The van der Waals surface area contributed by atoms with Crippen molar-refractivity contribution in [2.24, 2.45) is 0 Å². The Balaban J connectivity index is 1.45. The first-order chi connectivity index (χ1) is 21.0. The molecule has 0 amide bonds. The van der Waals surface area contributed by atoms with E-state index >= 15 is 0 Å². The second-order valence-electron chi connectivity index (χ2n) is 11.3. The zero-order valence-corrected chi connectivity index (χ0v) is 26.4. The van der Waals surface area contributed by atoms with Gasteiger partial charge >= 0.3 is 0 Å². The summed E-state index contributed by atoms with van der Waals surface area (Å²) < 4.78 is 12.4. The summed E-state index contributed by atoms with van der Waals surface area (Å²) in [6, 6.07) is 43.4. The first-order valence-electron chi connectivity index (χ1n) is 14.7. The molecule has 4 heteroatoms. The highest BCUT2D eigenvalue weighted by Gasteiger charge is 2.26. The summed E-state index contributed by atoms with van der Waals surface area (Å²) in [5.41, 5.74) is 6.57. The molecule has 2 nitrogen and oxygen atoms in total. The lowest BCUT2D eigenvalue weighted by atomic mass is 9.76. The van der Waals surface area contributed by atoms with Crippen LogP contribution >= 0.6 is 25.3 Å². The molecule has 0 aromatic heterocycles. The summed E-state index contributed by atoms with van der Waals surface area (Å²) in [6.45, 7) is 5.67. The Morgan fingerprint density at radius 3 is 1.33 bits per heavy atom. The average Bonchev–Trinajstić information content (AvgIpc) is 3.05. The van der Waals surface area contributed by atoms with Gasteiger partial charge in [0.15, 0.2) is 0 Å². The van der Waals surface area contributed by atoms with E-state index in [1.807, 2.05) is 0 Å². The van der Waals surface area contributed by atoms with Gasteiger partial charge in [-0.1, -0.05) is 98.8 Å². The van der Waals surface area contributed by atoms with Crippen LogP contribution in [0.2, 0.25) is 0 Å². The molecule has 0 aliphatic carbocycles. The topological polar surface area (TPSA) is 18.5 Å². The molecule has 0 aliphatic heterocycles. The Bertz CT molecular complexity index is 1760. The monoisotopic (exact) mass is 600 g/mol. The van der Waals surface area contributed by atoms with E-state index in [0.717, 1.165) is 33.8 Å². The van der Waals surface area contributed by atoms with Gasteiger partial charge in [-0.2, -0.15) is 25.3 Å². The molecule has 0 atom stereocenters. The highest BCUT2D eigenvalue weighted by Crippen LogP contribution is 2.42. The van der Waals surface area contributed by atoms with Gasteiger partial charge in [-0.25, -0.2) is 0 Å². The second kappa shape index (κ2) is 12.8. The standard InChI is InChI=1S/C39H36O2S2/c1-39(2,33-15-17-37(40-19-21-42)35(25-33)31-13-11-27-7-3-5-9-29(27)23-31)34-16-18-38(41-20-22-43)36(26-34)32-14-12-28-8-4-6-10-30(28)24-32/h3-18,23-26,42-43H,19-22H2,1-2H3. The van der Waals surface area contributed by atoms with Gasteiger partial charge in [-0.3, -0.25) is 0 Å². The van der Waals surface area contributed by atoms with E-state index in [1.165, 1.54) is 32.7 Å². The minimum atomic E-state index is -0.290. The van der Waals surface area contributed by atoms with E-state index in [9.17, 15) is 0 Å². The highest BCUT2D eigenvalue weighted by molar-refractivity contribution is 7.80. The van der Waals surface area contributed by atoms with E-state index in [-0.39, 0.29) is 5.41 Å². The lowest BCUT2D eigenvalue weighted by molar-refractivity contribution is 0.345. The van der Waals surface area contributed by atoms with Gasteiger partial charge in [0.05, 0.1) is 13.2 Å². The van der Waals surface area contributed by atoms with Crippen molar-refractivity contribution < 1.29 is 9.47 Å². The number of thiol groups is 2. The summed E-state index contributed by atoms with van der Waals surface area (Å²) in [6.07, 6.45) is 0. The minimum absolute atomic E-state index is 0.290. The fourth-order valence-electron chi connectivity index (χ4n) is 5.73. The molecule has 0 bridgehead atoms. The van der Waals surface area contributed by atoms with Crippen LogP contribution in [-0.4, -0.2) is 24.7 Å². The maximum atomic E-state index is 6.19. The summed E-state index contributed by atoms with van der Waals surface area (Å²) in [5.74, 6) is 3.06. The molecular formula is C39H36O2S2. The molecule has 0 radical (unpaired) electrons. The largest absolute Gasteiger partial charge is 0.492 e. The summed E-state index contributed by atoms with van der Waals surface area (Å²) >= 11 is 8.77. The zero-order valence-electron chi connectivity index (χ0n) is 24.6. The number of rotatable bonds is 10. The molecule has 0 N–H and O–H groups in total. The molecule has 0 fully saturated rings. The molecule has 6 aromatic rings. The Kier molecular flexibility index (Phi) is 8.69. The summed E-state index contributed by atoms with van der Waals surface area (Å²) in [7, 11) is 0. The fraction of sp³-hybridized carbons (Fsp3) is 0.179. The lowest BCUT2D eigenvalue weighted by Crippen LogP contribution is -2.19. The van der Waals surface area contributed by atoms with E-state index < -0.39 is 0 Å². The SMILES string of the molecule is CC(C)(c1ccc(OCCS)c(-c2ccc3ccccc3c2)c1)c1ccc(OCCS)c(-c2ccc3ccccc3c2)c1. The molecule has 0 unspecified atom stereocenters. The van der Waals surface area contributed by atoms with Crippen molar-refractivity contribution in [3.8, 4) is 33.8 Å². The molecule has 43 heavy (non-hydrogen) atoms. The Hall–Kier alpha value is -3.86. The number of fused-ring (bicyclic) bond motifs is 2. The highest BCUT2D eigenvalue weighted by atomic mass is 32.1. The van der Waals surface area contributed by atoms with Gasteiger partial charge in [-0.15, -0.1) is 0 Å². The smallest absolute Gasteiger partial charge is 0.127 e. The summed E-state index contributed by atoms with van der Waals surface area (Å²) in [5, 5.41) is 4.87. The van der Waals surface area contributed by atoms with Crippen LogP contribution in [0.15, 0.2) is 121 Å². The first kappa shape index (κ1) is 29.2. The molecule has 6 rings (SSSR count). The van der Waals surface area contributed by atoms with Crippen LogP contribution < -0.4 is 9.47 Å². The van der Waals surface area contributed by atoms with E-state index in [4.69, 9.17) is 9.47 Å². The molecule has 216 valence electrons. The van der Waals surface area contributed by atoms with Crippen LogP contribution in [-0.2, 0) is 5.41 Å². The molecule has 6 aromatic carbocycles.